The predicted octanol–water partition coefficient (Wildman–Crippen LogP) is 4.42. The molecule has 0 saturated heterocycles. The predicted molar refractivity (Wildman–Crippen MR) is 84.0 cm³/mol. The van der Waals surface area contributed by atoms with Crippen LogP contribution in [0.1, 0.15) is 39.5 Å². The number of fused-ring (bicyclic) bond motifs is 1. The monoisotopic (exact) mass is 294 g/mol. The molecule has 0 fully saturated rings. The normalized spacial score (nSPS) is 13.8. The van der Waals surface area contributed by atoms with Crippen LogP contribution in [0.15, 0.2) is 22.6 Å². The van der Waals surface area contributed by atoms with Crippen molar-refractivity contribution in [2.24, 2.45) is 17.1 Å². The molecule has 1 atom stereocenters. The zero-order chi connectivity index (χ0) is 14.8. The van der Waals surface area contributed by atoms with Crippen LogP contribution in [0, 0.1) is 11.3 Å². The lowest BCUT2D eigenvalue weighted by Gasteiger charge is -2.30. The third-order valence-electron chi connectivity index (χ3n) is 3.86. The Bertz CT molecular complexity index is 571. The number of rotatable bonds is 5. The molecule has 1 unspecified atom stereocenters. The standard InChI is InChI=1S/C16H23ClN2O/c1-16(2,3)11(9-10-18)7-8-14-19-13-6-4-5-12(17)15(13)20-14/h4-6,11H,7-10,18H2,1-3H3. The Balaban J connectivity index is 2.10. The van der Waals surface area contributed by atoms with Gasteiger partial charge in [0.2, 0.25) is 0 Å². The molecule has 2 aromatic rings. The van der Waals surface area contributed by atoms with E-state index in [-0.39, 0.29) is 5.41 Å². The lowest BCUT2D eigenvalue weighted by molar-refractivity contribution is 0.211. The van der Waals surface area contributed by atoms with Crippen LogP contribution in [-0.4, -0.2) is 11.5 Å². The molecule has 4 heteroatoms. The third kappa shape index (κ3) is 3.53. The molecule has 20 heavy (non-hydrogen) atoms. The van der Waals surface area contributed by atoms with Crippen LogP contribution in [0.25, 0.3) is 11.1 Å². The number of nitrogens with zero attached hydrogens (tertiary/aromatic N) is 1. The van der Waals surface area contributed by atoms with Gasteiger partial charge in [0.1, 0.15) is 5.52 Å². The fourth-order valence-corrected chi connectivity index (χ4v) is 2.79. The number of oxazole rings is 1. The topological polar surface area (TPSA) is 52.0 Å². The van der Waals surface area contributed by atoms with Gasteiger partial charge in [-0.2, -0.15) is 0 Å². The minimum absolute atomic E-state index is 0.253. The summed E-state index contributed by atoms with van der Waals surface area (Å²) in [7, 11) is 0. The van der Waals surface area contributed by atoms with E-state index in [2.05, 4.69) is 25.8 Å². The second kappa shape index (κ2) is 6.15. The number of aryl methyl sites for hydroxylation is 1. The van der Waals surface area contributed by atoms with E-state index in [4.69, 9.17) is 21.8 Å². The Labute approximate surface area is 125 Å². The number of para-hydroxylation sites is 1. The number of nitrogens with two attached hydrogens (primary N) is 1. The Morgan fingerprint density at radius 1 is 1.30 bits per heavy atom. The average Bonchev–Trinajstić information content (AvgIpc) is 2.77. The molecule has 0 aliphatic rings. The largest absolute Gasteiger partial charge is 0.439 e. The zero-order valence-electron chi connectivity index (χ0n) is 12.4. The zero-order valence-corrected chi connectivity index (χ0v) is 13.2. The molecule has 3 nitrogen and oxygen atoms in total. The van der Waals surface area contributed by atoms with Crippen molar-refractivity contribution >= 4 is 22.7 Å². The summed E-state index contributed by atoms with van der Waals surface area (Å²) in [5, 5.41) is 0.621. The van der Waals surface area contributed by atoms with Gasteiger partial charge < -0.3 is 10.2 Å². The summed E-state index contributed by atoms with van der Waals surface area (Å²) >= 11 is 6.11. The van der Waals surface area contributed by atoms with Gasteiger partial charge in [0.25, 0.3) is 0 Å². The van der Waals surface area contributed by atoms with Gasteiger partial charge in [0.05, 0.1) is 5.02 Å². The van der Waals surface area contributed by atoms with E-state index in [9.17, 15) is 0 Å². The number of hydrogen-bond donors (Lipinski definition) is 1. The maximum absolute atomic E-state index is 6.11. The molecule has 0 saturated carbocycles. The molecule has 0 amide bonds. The van der Waals surface area contributed by atoms with Crippen molar-refractivity contribution in [3.63, 3.8) is 0 Å². The van der Waals surface area contributed by atoms with Gasteiger partial charge in [-0.3, -0.25) is 0 Å². The Morgan fingerprint density at radius 3 is 2.65 bits per heavy atom. The first-order valence-corrected chi connectivity index (χ1v) is 7.53. The van der Waals surface area contributed by atoms with E-state index >= 15 is 0 Å². The molecule has 110 valence electrons. The summed E-state index contributed by atoms with van der Waals surface area (Å²) < 4.78 is 5.77. The van der Waals surface area contributed by atoms with E-state index in [1.807, 2.05) is 18.2 Å². The highest BCUT2D eigenvalue weighted by molar-refractivity contribution is 6.34. The average molecular weight is 295 g/mol. The molecule has 0 radical (unpaired) electrons. The third-order valence-corrected chi connectivity index (χ3v) is 4.16. The van der Waals surface area contributed by atoms with Crippen LogP contribution in [-0.2, 0) is 6.42 Å². The number of halogens is 1. The Morgan fingerprint density at radius 2 is 2.05 bits per heavy atom. The second-order valence-corrected chi connectivity index (χ2v) is 6.78. The van der Waals surface area contributed by atoms with Gasteiger partial charge in [-0.15, -0.1) is 0 Å². The minimum Gasteiger partial charge on any atom is -0.439 e. The van der Waals surface area contributed by atoms with Crippen molar-refractivity contribution in [2.75, 3.05) is 6.54 Å². The quantitative estimate of drug-likeness (QED) is 0.888. The molecule has 0 aliphatic carbocycles. The lowest BCUT2D eigenvalue weighted by atomic mass is 9.76. The molecule has 1 heterocycles. The highest BCUT2D eigenvalue weighted by atomic mass is 35.5. The van der Waals surface area contributed by atoms with Gasteiger partial charge >= 0.3 is 0 Å². The number of benzene rings is 1. The number of aromatic nitrogens is 1. The van der Waals surface area contributed by atoms with Crippen LogP contribution in [0.2, 0.25) is 5.02 Å². The van der Waals surface area contributed by atoms with Crippen LogP contribution in [0.3, 0.4) is 0 Å². The van der Waals surface area contributed by atoms with Gasteiger partial charge in [-0.1, -0.05) is 38.4 Å². The van der Waals surface area contributed by atoms with E-state index in [1.54, 1.807) is 0 Å². The van der Waals surface area contributed by atoms with Crippen LogP contribution < -0.4 is 5.73 Å². The van der Waals surface area contributed by atoms with E-state index in [0.717, 1.165) is 37.2 Å². The van der Waals surface area contributed by atoms with E-state index < -0.39 is 0 Å². The first-order chi connectivity index (χ1) is 9.41. The molecule has 2 rings (SSSR count). The smallest absolute Gasteiger partial charge is 0.195 e. The molecule has 0 spiro atoms. The first kappa shape index (κ1) is 15.3. The van der Waals surface area contributed by atoms with Crippen molar-refractivity contribution in [3.05, 3.63) is 29.1 Å². The van der Waals surface area contributed by atoms with Crippen molar-refractivity contribution in [3.8, 4) is 0 Å². The molecule has 1 aromatic heterocycles. The maximum Gasteiger partial charge on any atom is 0.195 e. The fraction of sp³-hybridized carbons (Fsp3) is 0.562. The Hall–Kier alpha value is -1.06. The van der Waals surface area contributed by atoms with Crippen LogP contribution in [0.4, 0.5) is 0 Å². The summed E-state index contributed by atoms with van der Waals surface area (Å²) in [5.74, 6) is 1.33. The first-order valence-electron chi connectivity index (χ1n) is 7.16. The molecule has 1 aromatic carbocycles. The van der Waals surface area contributed by atoms with Crippen molar-refractivity contribution in [1.82, 2.24) is 4.98 Å². The van der Waals surface area contributed by atoms with E-state index in [0.29, 0.717) is 16.5 Å². The van der Waals surface area contributed by atoms with Crippen molar-refractivity contribution in [1.29, 1.82) is 0 Å². The molecule has 2 N–H and O–H groups in total. The van der Waals surface area contributed by atoms with Crippen molar-refractivity contribution in [2.45, 2.75) is 40.0 Å². The molecule has 0 bridgehead atoms. The van der Waals surface area contributed by atoms with Gasteiger partial charge in [0, 0.05) is 6.42 Å². The van der Waals surface area contributed by atoms with E-state index in [1.165, 1.54) is 0 Å². The SMILES string of the molecule is CC(C)(C)C(CCN)CCc1nc2cccc(Cl)c2o1. The second-order valence-electron chi connectivity index (χ2n) is 6.37. The fourth-order valence-electron chi connectivity index (χ4n) is 2.58. The maximum atomic E-state index is 6.11. The van der Waals surface area contributed by atoms with Crippen molar-refractivity contribution < 1.29 is 4.42 Å². The lowest BCUT2D eigenvalue weighted by Crippen LogP contribution is -2.24. The molecular weight excluding hydrogens is 272 g/mol. The molecule has 0 aliphatic heterocycles. The highest BCUT2D eigenvalue weighted by Crippen LogP contribution is 2.33. The summed E-state index contributed by atoms with van der Waals surface area (Å²) in [6.45, 7) is 7.50. The van der Waals surface area contributed by atoms with Gasteiger partial charge in [-0.25, -0.2) is 4.98 Å². The summed E-state index contributed by atoms with van der Waals surface area (Å²) in [4.78, 5) is 4.51. The summed E-state index contributed by atoms with van der Waals surface area (Å²) in [6.07, 6.45) is 2.89. The summed E-state index contributed by atoms with van der Waals surface area (Å²) in [6, 6.07) is 5.64. The molecular formula is C16H23ClN2O. The highest BCUT2D eigenvalue weighted by Gasteiger charge is 2.24. The Kier molecular flexibility index (Phi) is 4.71. The minimum atomic E-state index is 0.253. The van der Waals surface area contributed by atoms with Crippen LogP contribution >= 0.6 is 11.6 Å². The number of hydrogen-bond acceptors (Lipinski definition) is 3. The van der Waals surface area contributed by atoms with Crippen LogP contribution in [0.5, 0.6) is 0 Å². The van der Waals surface area contributed by atoms with Gasteiger partial charge in [0.15, 0.2) is 11.5 Å². The summed E-state index contributed by atoms with van der Waals surface area (Å²) in [5.41, 5.74) is 7.49. The van der Waals surface area contributed by atoms with Gasteiger partial charge in [-0.05, 0) is 42.9 Å².